The van der Waals surface area contributed by atoms with Crippen molar-refractivity contribution in [3.63, 3.8) is 0 Å². The van der Waals surface area contributed by atoms with Crippen LogP contribution < -0.4 is 5.32 Å². The SMILES string of the molecule is CC(C)(C)OC(=O)NCCC(O)C(O)c1ccc(Cl)nc1C(=O)O. The van der Waals surface area contributed by atoms with E-state index < -0.39 is 35.6 Å². The summed E-state index contributed by atoms with van der Waals surface area (Å²) in [6.07, 6.45) is -3.45. The number of halogens is 1. The second kappa shape index (κ2) is 8.27. The number of nitrogens with zero attached hydrogens (tertiary/aromatic N) is 1. The van der Waals surface area contributed by atoms with Crippen molar-refractivity contribution in [2.75, 3.05) is 6.54 Å². The summed E-state index contributed by atoms with van der Waals surface area (Å²) in [5, 5.41) is 31.6. The number of aromatic nitrogens is 1. The topological polar surface area (TPSA) is 129 Å². The monoisotopic (exact) mass is 360 g/mol. The van der Waals surface area contributed by atoms with E-state index in [2.05, 4.69) is 10.3 Å². The van der Waals surface area contributed by atoms with Crippen LogP contribution in [-0.4, -0.2) is 50.6 Å². The van der Waals surface area contributed by atoms with E-state index in [1.54, 1.807) is 20.8 Å². The maximum atomic E-state index is 11.5. The minimum atomic E-state index is -1.48. The van der Waals surface area contributed by atoms with Gasteiger partial charge in [0.05, 0.1) is 6.10 Å². The van der Waals surface area contributed by atoms with Gasteiger partial charge in [0.1, 0.15) is 16.9 Å². The summed E-state index contributed by atoms with van der Waals surface area (Å²) in [4.78, 5) is 26.3. The number of nitrogens with one attached hydrogen (secondary N) is 1. The van der Waals surface area contributed by atoms with Gasteiger partial charge in [0.2, 0.25) is 0 Å². The number of aliphatic hydroxyl groups excluding tert-OH is 2. The molecule has 1 aromatic rings. The minimum absolute atomic E-state index is 0.0118. The van der Waals surface area contributed by atoms with E-state index >= 15 is 0 Å². The van der Waals surface area contributed by atoms with E-state index in [0.29, 0.717) is 0 Å². The maximum absolute atomic E-state index is 11.5. The van der Waals surface area contributed by atoms with Crippen molar-refractivity contribution in [2.45, 2.75) is 45.0 Å². The van der Waals surface area contributed by atoms with E-state index in [1.165, 1.54) is 12.1 Å². The number of carboxylic acids is 1. The van der Waals surface area contributed by atoms with E-state index in [-0.39, 0.29) is 23.7 Å². The molecule has 1 aromatic heterocycles. The Kier molecular flexibility index (Phi) is 6.94. The molecule has 0 fully saturated rings. The lowest BCUT2D eigenvalue weighted by Gasteiger charge is -2.21. The number of rotatable bonds is 6. The van der Waals surface area contributed by atoms with Crippen molar-refractivity contribution >= 4 is 23.7 Å². The zero-order chi connectivity index (χ0) is 18.5. The number of carbonyl (C=O) groups is 2. The summed E-state index contributed by atoms with van der Waals surface area (Å²) in [6, 6.07) is 2.60. The average molecular weight is 361 g/mol. The molecule has 0 bridgehead atoms. The first-order chi connectivity index (χ1) is 11.0. The molecule has 0 saturated heterocycles. The highest BCUT2D eigenvalue weighted by molar-refractivity contribution is 6.29. The molecule has 2 atom stereocenters. The molecule has 0 aliphatic heterocycles. The van der Waals surface area contributed by atoms with Crippen molar-refractivity contribution in [1.82, 2.24) is 10.3 Å². The summed E-state index contributed by atoms with van der Waals surface area (Å²) >= 11 is 5.64. The number of amides is 1. The Labute approximate surface area is 144 Å². The third kappa shape index (κ3) is 6.31. The van der Waals surface area contributed by atoms with Crippen LogP contribution in [0.15, 0.2) is 12.1 Å². The van der Waals surface area contributed by atoms with Gasteiger partial charge in [0.15, 0.2) is 5.69 Å². The smallest absolute Gasteiger partial charge is 0.407 e. The van der Waals surface area contributed by atoms with Gasteiger partial charge >= 0.3 is 12.1 Å². The minimum Gasteiger partial charge on any atom is -0.476 e. The number of ether oxygens (including phenoxy) is 1. The predicted molar refractivity (Wildman–Crippen MR) is 86.0 cm³/mol. The fourth-order valence-electron chi connectivity index (χ4n) is 1.86. The molecule has 1 rings (SSSR count). The van der Waals surface area contributed by atoms with Gasteiger partial charge in [-0.05, 0) is 33.3 Å². The molecule has 0 radical (unpaired) electrons. The first kappa shape index (κ1) is 20.1. The van der Waals surface area contributed by atoms with Crippen LogP contribution in [0, 0.1) is 0 Å². The van der Waals surface area contributed by atoms with Gasteiger partial charge < -0.3 is 25.4 Å². The molecule has 134 valence electrons. The third-order valence-corrected chi connectivity index (χ3v) is 3.10. The number of carbonyl (C=O) groups excluding carboxylic acids is 1. The number of hydrogen-bond donors (Lipinski definition) is 4. The number of alkyl carbamates (subject to hydrolysis) is 1. The van der Waals surface area contributed by atoms with Gasteiger partial charge in [-0.1, -0.05) is 17.7 Å². The van der Waals surface area contributed by atoms with Crippen molar-refractivity contribution in [1.29, 1.82) is 0 Å². The molecule has 2 unspecified atom stereocenters. The summed E-state index contributed by atoms with van der Waals surface area (Å²) in [7, 11) is 0. The third-order valence-electron chi connectivity index (χ3n) is 2.89. The normalized spacial score (nSPS) is 13.9. The molecule has 9 heteroatoms. The first-order valence-corrected chi connectivity index (χ1v) is 7.62. The van der Waals surface area contributed by atoms with Crippen LogP contribution in [0.3, 0.4) is 0 Å². The zero-order valence-corrected chi connectivity index (χ0v) is 14.4. The first-order valence-electron chi connectivity index (χ1n) is 7.24. The van der Waals surface area contributed by atoms with Crippen LogP contribution in [-0.2, 0) is 4.74 Å². The predicted octanol–water partition coefficient (Wildman–Crippen LogP) is 1.74. The summed E-state index contributed by atoms with van der Waals surface area (Å²) in [5.74, 6) is -1.37. The van der Waals surface area contributed by atoms with E-state index in [4.69, 9.17) is 21.4 Å². The molecule has 1 amide bonds. The largest absolute Gasteiger partial charge is 0.476 e. The summed E-state index contributed by atoms with van der Waals surface area (Å²) < 4.78 is 5.03. The Morgan fingerprint density at radius 2 is 1.96 bits per heavy atom. The number of aromatic carboxylic acids is 1. The number of pyridine rings is 1. The van der Waals surface area contributed by atoms with Crippen LogP contribution in [0.4, 0.5) is 4.79 Å². The lowest BCUT2D eigenvalue weighted by atomic mass is 10.0. The molecule has 0 aliphatic carbocycles. The second-order valence-corrected chi connectivity index (χ2v) is 6.49. The highest BCUT2D eigenvalue weighted by Gasteiger charge is 2.25. The molecular formula is C15H21ClN2O6. The molecular weight excluding hydrogens is 340 g/mol. The van der Waals surface area contributed by atoms with Crippen molar-refractivity contribution < 1.29 is 29.6 Å². The number of hydrogen-bond acceptors (Lipinski definition) is 6. The highest BCUT2D eigenvalue weighted by Crippen LogP contribution is 2.23. The Morgan fingerprint density at radius 3 is 2.50 bits per heavy atom. The van der Waals surface area contributed by atoms with Gasteiger partial charge in [0.25, 0.3) is 0 Å². The fraction of sp³-hybridized carbons (Fsp3) is 0.533. The Bertz CT molecular complexity index is 602. The molecule has 0 aromatic carbocycles. The quantitative estimate of drug-likeness (QED) is 0.568. The van der Waals surface area contributed by atoms with Crippen LogP contribution in [0.1, 0.15) is 49.3 Å². The van der Waals surface area contributed by atoms with Gasteiger partial charge in [-0.15, -0.1) is 0 Å². The number of aliphatic hydroxyl groups is 2. The molecule has 0 spiro atoms. The van der Waals surface area contributed by atoms with Crippen LogP contribution >= 0.6 is 11.6 Å². The summed E-state index contributed by atoms with van der Waals surface area (Å²) in [5.41, 5.74) is -1.14. The van der Waals surface area contributed by atoms with Gasteiger partial charge in [-0.3, -0.25) is 0 Å². The number of carboxylic acid groups (broad SMARTS) is 1. The molecule has 4 N–H and O–H groups in total. The lowest BCUT2D eigenvalue weighted by molar-refractivity contribution is 0.0112. The van der Waals surface area contributed by atoms with E-state index in [0.717, 1.165) is 0 Å². The van der Waals surface area contributed by atoms with Crippen LogP contribution in [0.2, 0.25) is 5.15 Å². The van der Waals surface area contributed by atoms with E-state index in [9.17, 15) is 19.8 Å². The Morgan fingerprint density at radius 1 is 1.33 bits per heavy atom. The van der Waals surface area contributed by atoms with Gasteiger partial charge in [-0.25, -0.2) is 14.6 Å². The second-order valence-electron chi connectivity index (χ2n) is 6.11. The average Bonchev–Trinajstić information content (AvgIpc) is 2.44. The van der Waals surface area contributed by atoms with Crippen LogP contribution in [0.25, 0.3) is 0 Å². The maximum Gasteiger partial charge on any atom is 0.407 e. The molecule has 8 nitrogen and oxygen atoms in total. The van der Waals surface area contributed by atoms with Crippen molar-refractivity contribution in [3.8, 4) is 0 Å². The molecule has 0 saturated carbocycles. The van der Waals surface area contributed by atoms with E-state index in [1.807, 2.05) is 0 Å². The van der Waals surface area contributed by atoms with Gasteiger partial charge in [0, 0.05) is 12.1 Å². The van der Waals surface area contributed by atoms with Crippen molar-refractivity contribution in [2.24, 2.45) is 0 Å². The Balaban J connectivity index is 2.64. The molecule has 0 aliphatic rings. The standard InChI is InChI=1S/C15H21ClN2O6/c1-15(2,3)24-14(23)17-7-6-9(19)12(20)8-4-5-10(16)18-11(8)13(21)22/h4-5,9,12,19-20H,6-7H2,1-3H3,(H,17,23)(H,21,22). The zero-order valence-electron chi connectivity index (χ0n) is 13.6. The summed E-state index contributed by atoms with van der Waals surface area (Å²) in [6.45, 7) is 5.18. The molecule has 1 heterocycles. The molecule has 24 heavy (non-hydrogen) atoms. The fourth-order valence-corrected chi connectivity index (χ4v) is 2.01. The van der Waals surface area contributed by atoms with Gasteiger partial charge in [-0.2, -0.15) is 0 Å². The van der Waals surface area contributed by atoms with Crippen LogP contribution in [0.5, 0.6) is 0 Å². The lowest BCUT2D eigenvalue weighted by Crippen LogP contribution is -2.34. The van der Waals surface area contributed by atoms with Crippen molar-refractivity contribution in [3.05, 3.63) is 28.5 Å². The Hall–Kier alpha value is -1.90. The highest BCUT2D eigenvalue weighted by atomic mass is 35.5.